The lowest BCUT2D eigenvalue weighted by molar-refractivity contribution is 0.472. The van der Waals surface area contributed by atoms with Gasteiger partial charge in [0.25, 0.3) is 0 Å². The molecular formula is C13H20N4. The highest BCUT2D eigenvalue weighted by Gasteiger charge is 2.22. The van der Waals surface area contributed by atoms with Gasteiger partial charge in [0.1, 0.15) is 5.82 Å². The SMILES string of the molecule is CC(C)(C)C1=CCN(c2nccc(N)n2)CC1. The Morgan fingerprint density at radius 1 is 1.35 bits per heavy atom. The monoisotopic (exact) mass is 232 g/mol. The van der Waals surface area contributed by atoms with Crippen molar-refractivity contribution < 1.29 is 0 Å². The summed E-state index contributed by atoms with van der Waals surface area (Å²) in [6.45, 7) is 8.60. The fourth-order valence-corrected chi connectivity index (χ4v) is 2.05. The second kappa shape index (κ2) is 4.35. The summed E-state index contributed by atoms with van der Waals surface area (Å²) in [7, 11) is 0. The van der Waals surface area contributed by atoms with E-state index in [1.54, 1.807) is 12.3 Å². The van der Waals surface area contributed by atoms with Crippen LogP contribution < -0.4 is 10.6 Å². The first kappa shape index (κ1) is 11.9. The Morgan fingerprint density at radius 3 is 2.65 bits per heavy atom. The lowest BCUT2D eigenvalue weighted by atomic mass is 9.83. The van der Waals surface area contributed by atoms with Gasteiger partial charge in [0.2, 0.25) is 5.95 Å². The van der Waals surface area contributed by atoms with Gasteiger partial charge < -0.3 is 10.6 Å². The minimum Gasteiger partial charge on any atom is -0.384 e. The molecule has 1 aromatic heterocycles. The average molecular weight is 232 g/mol. The fourth-order valence-electron chi connectivity index (χ4n) is 2.05. The lowest BCUT2D eigenvalue weighted by Crippen LogP contribution is -2.32. The van der Waals surface area contributed by atoms with Gasteiger partial charge in [0, 0.05) is 19.3 Å². The van der Waals surface area contributed by atoms with E-state index in [0.29, 0.717) is 5.82 Å². The van der Waals surface area contributed by atoms with Crippen LogP contribution in [0.1, 0.15) is 27.2 Å². The molecule has 0 amide bonds. The van der Waals surface area contributed by atoms with Crippen LogP contribution in [-0.2, 0) is 0 Å². The maximum absolute atomic E-state index is 5.67. The highest BCUT2D eigenvalue weighted by molar-refractivity contribution is 5.40. The standard InChI is InChI=1S/C13H20N4/c1-13(2,3)10-5-8-17(9-6-10)12-15-7-4-11(14)16-12/h4-5,7H,6,8-9H2,1-3H3,(H2,14,15,16). The third-order valence-corrected chi connectivity index (χ3v) is 3.12. The van der Waals surface area contributed by atoms with Gasteiger partial charge in [0.05, 0.1) is 0 Å². The van der Waals surface area contributed by atoms with Crippen LogP contribution in [0.5, 0.6) is 0 Å². The molecule has 0 aliphatic carbocycles. The summed E-state index contributed by atoms with van der Waals surface area (Å²) in [6.07, 6.45) is 5.07. The predicted molar refractivity (Wildman–Crippen MR) is 70.8 cm³/mol. The largest absolute Gasteiger partial charge is 0.384 e. The van der Waals surface area contributed by atoms with Gasteiger partial charge in [-0.15, -0.1) is 0 Å². The van der Waals surface area contributed by atoms with Crippen LogP contribution >= 0.6 is 0 Å². The molecule has 2 N–H and O–H groups in total. The van der Waals surface area contributed by atoms with E-state index >= 15 is 0 Å². The summed E-state index contributed by atoms with van der Waals surface area (Å²) in [4.78, 5) is 10.7. The lowest BCUT2D eigenvalue weighted by Gasteiger charge is -2.32. The number of aromatic nitrogens is 2. The molecule has 0 aromatic carbocycles. The van der Waals surface area contributed by atoms with Crippen LogP contribution in [0.3, 0.4) is 0 Å². The first-order valence-electron chi connectivity index (χ1n) is 6.00. The smallest absolute Gasteiger partial charge is 0.227 e. The molecule has 1 aliphatic rings. The van der Waals surface area contributed by atoms with Gasteiger partial charge >= 0.3 is 0 Å². The zero-order chi connectivity index (χ0) is 12.5. The summed E-state index contributed by atoms with van der Waals surface area (Å²) in [5.41, 5.74) is 7.45. The van der Waals surface area contributed by atoms with E-state index in [0.717, 1.165) is 25.5 Å². The Morgan fingerprint density at radius 2 is 2.12 bits per heavy atom. The second-order valence-electron chi connectivity index (χ2n) is 5.46. The summed E-state index contributed by atoms with van der Waals surface area (Å²) in [6, 6.07) is 1.71. The Bertz CT molecular complexity index is 431. The van der Waals surface area contributed by atoms with Crippen molar-refractivity contribution in [3.63, 3.8) is 0 Å². The molecule has 92 valence electrons. The highest BCUT2D eigenvalue weighted by Crippen LogP contribution is 2.30. The van der Waals surface area contributed by atoms with Gasteiger partial charge in [-0.2, -0.15) is 4.98 Å². The van der Waals surface area contributed by atoms with Crippen LogP contribution in [0.15, 0.2) is 23.9 Å². The molecule has 2 heterocycles. The molecule has 0 radical (unpaired) electrons. The Kier molecular flexibility index (Phi) is 3.05. The Balaban J connectivity index is 2.12. The molecule has 0 saturated carbocycles. The molecule has 1 aliphatic heterocycles. The maximum Gasteiger partial charge on any atom is 0.227 e. The van der Waals surface area contributed by atoms with E-state index in [9.17, 15) is 0 Å². The van der Waals surface area contributed by atoms with Crippen molar-refractivity contribution in [1.82, 2.24) is 9.97 Å². The molecule has 0 saturated heterocycles. The number of hydrogen-bond donors (Lipinski definition) is 1. The normalized spacial score (nSPS) is 16.9. The summed E-state index contributed by atoms with van der Waals surface area (Å²) in [5.74, 6) is 1.26. The van der Waals surface area contributed by atoms with Crippen LogP contribution in [0.2, 0.25) is 0 Å². The topological polar surface area (TPSA) is 55.0 Å². The number of nitrogen functional groups attached to an aromatic ring is 1. The molecule has 1 aromatic rings. The maximum atomic E-state index is 5.67. The van der Waals surface area contributed by atoms with Crippen molar-refractivity contribution in [3.8, 4) is 0 Å². The number of anilines is 2. The minimum absolute atomic E-state index is 0.267. The number of nitrogens with two attached hydrogens (primary N) is 1. The average Bonchev–Trinajstić information content (AvgIpc) is 2.28. The number of rotatable bonds is 1. The van der Waals surface area contributed by atoms with Gasteiger partial charge in [-0.25, -0.2) is 4.98 Å². The third kappa shape index (κ3) is 2.75. The number of hydrogen-bond acceptors (Lipinski definition) is 4. The summed E-state index contributed by atoms with van der Waals surface area (Å²) in [5, 5.41) is 0. The molecule has 4 nitrogen and oxygen atoms in total. The predicted octanol–water partition coefficient (Wildman–Crippen LogP) is 2.24. The van der Waals surface area contributed by atoms with Crippen LogP contribution in [0, 0.1) is 5.41 Å². The van der Waals surface area contributed by atoms with Crippen LogP contribution in [0.4, 0.5) is 11.8 Å². The third-order valence-electron chi connectivity index (χ3n) is 3.12. The minimum atomic E-state index is 0.267. The van der Waals surface area contributed by atoms with Crippen molar-refractivity contribution in [1.29, 1.82) is 0 Å². The number of nitrogens with zero attached hydrogens (tertiary/aromatic N) is 3. The van der Waals surface area contributed by atoms with Crippen molar-refractivity contribution in [2.24, 2.45) is 5.41 Å². The molecule has 0 fully saturated rings. The van der Waals surface area contributed by atoms with Crippen molar-refractivity contribution in [2.45, 2.75) is 27.2 Å². The molecule has 4 heteroatoms. The first-order valence-corrected chi connectivity index (χ1v) is 6.00. The van der Waals surface area contributed by atoms with Crippen LogP contribution in [0.25, 0.3) is 0 Å². The van der Waals surface area contributed by atoms with Gasteiger partial charge in [-0.1, -0.05) is 32.4 Å². The van der Waals surface area contributed by atoms with E-state index in [4.69, 9.17) is 5.73 Å². The first-order chi connectivity index (χ1) is 7.97. The molecular weight excluding hydrogens is 212 g/mol. The quantitative estimate of drug-likeness (QED) is 0.754. The molecule has 17 heavy (non-hydrogen) atoms. The summed E-state index contributed by atoms with van der Waals surface area (Å²) >= 11 is 0. The molecule has 0 unspecified atom stereocenters. The van der Waals surface area contributed by atoms with E-state index in [2.05, 4.69) is 41.7 Å². The molecule has 0 bridgehead atoms. The Labute approximate surface area is 103 Å². The molecule has 0 atom stereocenters. The van der Waals surface area contributed by atoms with Crippen molar-refractivity contribution in [2.75, 3.05) is 23.7 Å². The van der Waals surface area contributed by atoms with E-state index in [1.165, 1.54) is 5.57 Å². The second-order valence-corrected chi connectivity index (χ2v) is 5.46. The van der Waals surface area contributed by atoms with Gasteiger partial charge in [-0.3, -0.25) is 0 Å². The van der Waals surface area contributed by atoms with Gasteiger partial charge in [0.15, 0.2) is 0 Å². The molecule has 2 rings (SSSR count). The van der Waals surface area contributed by atoms with Gasteiger partial charge in [-0.05, 0) is 17.9 Å². The van der Waals surface area contributed by atoms with E-state index < -0.39 is 0 Å². The van der Waals surface area contributed by atoms with Crippen molar-refractivity contribution in [3.05, 3.63) is 23.9 Å². The molecule has 0 spiro atoms. The fraction of sp³-hybridized carbons (Fsp3) is 0.538. The Hall–Kier alpha value is -1.58. The van der Waals surface area contributed by atoms with E-state index in [1.807, 2.05) is 0 Å². The zero-order valence-electron chi connectivity index (χ0n) is 10.8. The van der Waals surface area contributed by atoms with Crippen LogP contribution in [-0.4, -0.2) is 23.1 Å². The van der Waals surface area contributed by atoms with E-state index in [-0.39, 0.29) is 5.41 Å². The van der Waals surface area contributed by atoms with Crippen molar-refractivity contribution >= 4 is 11.8 Å². The highest BCUT2D eigenvalue weighted by atomic mass is 15.3. The summed E-state index contributed by atoms with van der Waals surface area (Å²) < 4.78 is 0. The zero-order valence-corrected chi connectivity index (χ0v) is 10.8.